The standard InChI is InChI=1S/C20H27N3O6/c1-27-16-12-15(22-20(26)13-3-4-13)17(28-2)11-14(16)21-18(24)5-6-19(25)23-7-9-29-10-8-23/h11-13H,3-10H2,1-2H3,(H,21,24)(H,22,26). The zero-order valence-electron chi connectivity index (χ0n) is 16.8. The van der Waals surface area contributed by atoms with Gasteiger partial charge in [-0.05, 0) is 12.8 Å². The minimum atomic E-state index is -0.304. The Morgan fingerprint density at radius 2 is 1.59 bits per heavy atom. The van der Waals surface area contributed by atoms with E-state index in [-0.39, 0.29) is 36.5 Å². The Morgan fingerprint density at radius 3 is 2.14 bits per heavy atom. The average Bonchev–Trinajstić information content (AvgIpc) is 3.58. The number of ether oxygens (including phenoxy) is 3. The van der Waals surface area contributed by atoms with Crippen LogP contribution in [0.2, 0.25) is 0 Å². The van der Waals surface area contributed by atoms with Crippen LogP contribution in [0.15, 0.2) is 12.1 Å². The van der Waals surface area contributed by atoms with Crippen LogP contribution in [0.3, 0.4) is 0 Å². The van der Waals surface area contributed by atoms with E-state index >= 15 is 0 Å². The van der Waals surface area contributed by atoms with E-state index in [1.54, 1.807) is 17.0 Å². The Kier molecular flexibility index (Phi) is 6.92. The van der Waals surface area contributed by atoms with Crippen LogP contribution < -0.4 is 20.1 Å². The van der Waals surface area contributed by atoms with Crippen LogP contribution in [0.4, 0.5) is 11.4 Å². The number of morpholine rings is 1. The van der Waals surface area contributed by atoms with Crippen LogP contribution in [0.25, 0.3) is 0 Å². The molecule has 1 aromatic rings. The quantitative estimate of drug-likeness (QED) is 0.681. The van der Waals surface area contributed by atoms with E-state index in [2.05, 4.69) is 10.6 Å². The molecular formula is C20H27N3O6. The van der Waals surface area contributed by atoms with Crippen molar-refractivity contribution in [3.8, 4) is 11.5 Å². The van der Waals surface area contributed by atoms with Gasteiger partial charge in [0, 0.05) is 44.0 Å². The molecule has 0 spiro atoms. The van der Waals surface area contributed by atoms with Crippen molar-refractivity contribution in [3.63, 3.8) is 0 Å². The van der Waals surface area contributed by atoms with Gasteiger partial charge in [0.25, 0.3) is 0 Å². The monoisotopic (exact) mass is 405 g/mol. The minimum absolute atomic E-state index is 0.0501. The highest BCUT2D eigenvalue weighted by Crippen LogP contribution is 2.38. The lowest BCUT2D eigenvalue weighted by atomic mass is 10.2. The smallest absolute Gasteiger partial charge is 0.227 e. The second-order valence-corrected chi connectivity index (χ2v) is 7.06. The van der Waals surface area contributed by atoms with Gasteiger partial charge in [-0.2, -0.15) is 0 Å². The molecule has 2 N–H and O–H groups in total. The molecule has 1 saturated carbocycles. The molecule has 1 saturated heterocycles. The summed E-state index contributed by atoms with van der Waals surface area (Å²) in [6.07, 6.45) is 1.97. The summed E-state index contributed by atoms with van der Waals surface area (Å²) in [7, 11) is 2.97. The molecule has 0 atom stereocenters. The number of nitrogens with one attached hydrogen (secondary N) is 2. The maximum atomic E-state index is 12.4. The van der Waals surface area contributed by atoms with Crippen molar-refractivity contribution in [2.45, 2.75) is 25.7 Å². The Balaban J connectivity index is 1.61. The van der Waals surface area contributed by atoms with Crippen LogP contribution in [-0.2, 0) is 19.1 Å². The molecule has 0 aromatic heterocycles. The lowest BCUT2D eigenvalue weighted by molar-refractivity contribution is -0.136. The lowest BCUT2D eigenvalue weighted by Crippen LogP contribution is -2.40. The van der Waals surface area contributed by atoms with E-state index in [1.165, 1.54) is 14.2 Å². The summed E-state index contributed by atoms with van der Waals surface area (Å²) < 4.78 is 15.9. The summed E-state index contributed by atoms with van der Waals surface area (Å²) in [6, 6.07) is 3.22. The second kappa shape index (κ2) is 9.60. The number of hydrogen-bond acceptors (Lipinski definition) is 6. The first-order valence-corrected chi connectivity index (χ1v) is 9.74. The Labute approximate surface area is 169 Å². The highest BCUT2D eigenvalue weighted by molar-refractivity contribution is 5.98. The number of methoxy groups -OCH3 is 2. The van der Waals surface area contributed by atoms with Crippen molar-refractivity contribution in [2.75, 3.05) is 51.2 Å². The Hall–Kier alpha value is -2.81. The van der Waals surface area contributed by atoms with E-state index in [0.717, 1.165) is 12.8 Å². The SMILES string of the molecule is COc1cc(NC(=O)C2CC2)c(OC)cc1NC(=O)CCC(=O)N1CCOCC1. The van der Waals surface area contributed by atoms with Crippen LogP contribution in [0.1, 0.15) is 25.7 Å². The molecular weight excluding hydrogens is 378 g/mol. The van der Waals surface area contributed by atoms with Crippen molar-refractivity contribution in [3.05, 3.63) is 12.1 Å². The third-order valence-corrected chi connectivity index (χ3v) is 4.93. The van der Waals surface area contributed by atoms with Crippen LogP contribution in [0, 0.1) is 5.92 Å². The lowest BCUT2D eigenvalue weighted by Gasteiger charge is -2.26. The molecule has 9 heteroatoms. The number of carbonyl (C=O) groups excluding carboxylic acids is 3. The maximum Gasteiger partial charge on any atom is 0.227 e. The van der Waals surface area contributed by atoms with Crippen molar-refractivity contribution >= 4 is 29.1 Å². The molecule has 1 aliphatic carbocycles. The summed E-state index contributed by atoms with van der Waals surface area (Å²) in [4.78, 5) is 38.3. The third kappa shape index (κ3) is 5.60. The van der Waals surface area contributed by atoms with Gasteiger partial charge >= 0.3 is 0 Å². The van der Waals surface area contributed by atoms with Gasteiger partial charge in [-0.15, -0.1) is 0 Å². The summed E-state index contributed by atoms with van der Waals surface area (Å²) in [6.45, 7) is 2.16. The maximum absolute atomic E-state index is 12.4. The van der Waals surface area contributed by atoms with Gasteiger partial charge in [0.2, 0.25) is 17.7 Å². The summed E-state index contributed by atoms with van der Waals surface area (Å²) in [5.74, 6) is 0.440. The van der Waals surface area contributed by atoms with Gasteiger partial charge in [-0.3, -0.25) is 14.4 Å². The topological polar surface area (TPSA) is 106 Å². The first kappa shape index (κ1) is 20.9. The number of anilines is 2. The molecule has 9 nitrogen and oxygen atoms in total. The highest BCUT2D eigenvalue weighted by atomic mass is 16.5. The molecule has 1 aliphatic heterocycles. The van der Waals surface area contributed by atoms with Crippen molar-refractivity contribution in [2.24, 2.45) is 5.92 Å². The zero-order valence-corrected chi connectivity index (χ0v) is 16.8. The Morgan fingerprint density at radius 1 is 1.00 bits per heavy atom. The first-order valence-electron chi connectivity index (χ1n) is 9.74. The van der Waals surface area contributed by atoms with Crippen LogP contribution in [0.5, 0.6) is 11.5 Å². The predicted octanol–water partition coefficient (Wildman–Crippen LogP) is 1.63. The van der Waals surface area contributed by atoms with E-state index in [1.807, 2.05) is 0 Å². The van der Waals surface area contributed by atoms with Gasteiger partial charge in [-0.25, -0.2) is 0 Å². The molecule has 1 aromatic carbocycles. The molecule has 3 rings (SSSR count). The average molecular weight is 405 g/mol. The number of hydrogen-bond donors (Lipinski definition) is 2. The number of nitrogens with zero attached hydrogens (tertiary/aromatic N) is 1. The largest absolute Gasteiger partial charge is 0.494 e. The van der Waals surface area contributed by atoms with E-state index in [9.17, 15) is 14.4 Å². The third-order valence-electron chi connectivity index (χ3n) is 4.93. The van der Waals surface area contributed by atoms with Gasteiger partial charge in [0.05, 0.1) is 38.8 Å². The molecule has 0 bridgehead atoms. The first-order chi connectivity index (χ1) is 14.0. The van der Waals surface area contributed by atoms with E-state index in [0.29, 0.717) is 49.2 Å². The highest BCUT2D eigenvalue weighted by Gasteiger charge is 2.30. The molecule has 29 heavy (non-hydrogen) atoms. The fraction of sp³-hybridized carbons (Fsp3) is 0.550. The van der Waals surface area contributed by atoms with Gasteiger partial charge in [0.1, 0.15) is 11.5 Å². The molecule has 2 fully saturated rings. The van der Waals surface area contributed by atoms with E-state index in [4.69, 9.17) is 14.2 Å². The summed E-state index contributed by atoms with van der Waals surface area (Å²) >= 11 is 0. The van der Waals surface area contributed by atoms with Gasteiger partial charge in [0.15, 0.2) is 0 Å². The van der Waals surface area contributed by atoms with Gasteiger partial charge in [-0.1, -0.05) is 0 Å². The molecule has 0 radical (unpaired) electrons. The molecule has 3 amide bonds. The fourth-order valence-electron chi connectivity index (χ4n) is 3.08. The Bertz CT molecular complexity index is 772. The normalized spacial score (nSPS) is 16.1. The summed E-state index contributed by atoms with van der Waals surface area (Å²) in [5, 5.41) is 5.60. The molecule has 1 heterocycles. The zero-order chi connectivity index (χ0) is 20.8. The van der Waals surface area contributed by atoms with E-state index < -0.39 is 0 Å². The second-order valence-electron chi connectivity index (χ2n) is 7.06. The van der Waals surface area contributed by atoms with Gasteiger partial charge < -0.3 is 29.7 Å². The molecule has 158 valence electrons. The fourth-order valence-corrected chi connectivity index (χ4v) is 3.08. The van der Waals surface area contributed by atoms with Crippen LogP contribution >= 0.6 is 0 Å². The number of amides is 3. The molecule has 2 aliphatic rings. The summed E-state index contributed by atoms with van der Waals surface area (Å²) in [5.41, 5.74) is 0.902. The van der Waals surface area contributed by atoms with Crippen molar-refractivity contribution in [1.82, 2.24) is 4.90 Å². The molecule has 0 unspecified atom stereocenters. The predicted molar refractivity (Wildman–Crippen MR) is 106 cm³/mol. The van der Waals surface area contributed by atoms with Crippen molar-refractivity contribution < 1.29 is 28.6 Å². The number of carbonyl (C=O) groups is 3. The number of benzene rings is 1. The van der Waals surface area contributed by atoms with Crippen LogP contribution in [-0.4, -0.2) is 63.1 Å². The number of rotatable bonds is 8. The minimum Gasteiger partial charge on any atom is -0.494 e. The van der Waals surface area contributed by atoms with Crippen molar-refractivity contribution in [1.29, 1.82) is 0 Å².